The van der Waals surface area contributed by atoms with Crippen LogP contribution in [0.2, 0.25) is 0 Å². The second kappa shape index (κ2) is 4.35. The van der Waals surface area contributed by atoms with Crippen LogP contribution < -0.4 is 0 Å². The molecule has 0 heterocycles. The van der Waals surface area contributed by atoms with Crippen LogP contribution in [0.3, 0.4) is 0 Å². The van der Waals surface area contributed by atoms with Gasteiger partial charge in [-0.15, -0.1) is 0 Å². The summed E-state index contributed by atoms with van der Waals surface area (Å²) in [5.74, 6) is -0.239. The Labute approximate surface area is 94.8 Å². The Kier molecular flexibility index (Phi) is 2.91. The van der Waals surface area contributed by atoms with Crippen molar-refractivity contribution in [3.8, 4) is 0 Å². The predicted octanol–water partition coefficient (Wildman–Crippen LogP) is 3.32. The number of hydrogen-bond donors (Lipinski definition) is 0. The molecule has 0 saturated carbocycles. The minimum Gasteiger partial charge on any atom is -0.462 e. The highest BCUT2D eigenvalue weighted by Gasteiger charge is 2.13. The third-order valence-corrected chi connectivity index (χ3v) is 2.62. The monoisotopic (exact) mass is 214 g/mol. The third-order valence-electron chi connectivity index (χ3n) is 2.62. The van der Waals surface area contributed by atoms with Gasteiger partial charge in [0.2, 0.25) is 0 Å². The van der Waals surface area contributed by atoms with E-state index in [1.54, 1.807) is 0 Å². The number of hydrogen-bond acceptors (Lipinski definition) is 2. The summed E-state index contributed by atoms with van der Waals surface area (Å²) < 4.78 is 5.08. The summed E-state index contributed by atoms with van der Waals surface area (Å²) in [5.41, 5.74) is 1.64. The molecule has 0 radical (unpaired) electrons. The van der Waals surface area contributed by atoms with E-state index in [0.29, 0.717) is 12.2 Å². The largest absolute Gasteiger partial charge is 0.462 e. The molecule has 0 aromatic heterocycles. The van der Waals surface area contributed by atoms with E-state index < -0.39 is 0 Å². The molecular formula is C14H14O2. The van der Waals surface area contributed by atoms with Crippen LogP contribution in [-0.2, 0) is 4.74 Å². The quantitative estimate of drug-likeness (QED) is 0.717. The van der Waals surface area contributed by atoms with Gasteiger partial charge in [0, 0.05) is 0 Å². The molecule has 82 valence electrons. The maximum atomic E-state index is 11.9. The SMILES string of the molecule is CCOC(=O)c1c(C)ccc2ccccc12. The van der Waals surface area contributed by atoms with Crippen LogP contribution in [0.1, 0.15) is 22.8 Å². The van der Waals surface area contributed by atoms with Crippen LogP contribution in [0.25, 0.3) is 10.8 Å². The molecule has 0 unspecified atom stereocenters. The average Bonchev–Trinajstić information content (AvgIpc) is 2.29. The summed E-state index contributed by atoms with van der Waals surface area (Å²) in [6.45, 7) is 4.15. The number of fused-ring (bicyclic) bond motifs is 1. The normalized spacial score (nSPS) is 10.4. The van der Waals surface area contributed by atoms with Crippen molar-refractivity contribution in [2.75, 3.05) is 6.61 Å². The number of aryl methyl sites for hydroxylation is 1. The Balaban J connectivity index is 2.66. The molecule has 2 aromatic rings. The summed E-state index contributed by atoms with van der Waals surface area (Å²) >= 11 is 0. The second-order valence-electron chi connectivity index (χ2n) is 3.70. The number of rotatable bonds is 2. The lowest BCUT2D eigenvalue weighted by molar-refractivity contribution is 0.0528. The molecule has 0 amide bonds. The van der Waals surface area contributed by atoms with Gasteiger partial charge in [0.05, 0.1) is 12.2 Å². The van der Waals surface area contributed by atoms with Gasteiger partial charge in [0.15, 0.2) is 0 Å². The molecule has 0 bridgehead atoms. The molecule has 0 saturated heterocycles. The van der Waals surface area contributed by atoms with Crippen LogP contribution in [0.4, 0.5) is 0 Å². The zero-order valence-electron chi connectivity index (χ0n) is 9.49. The standard InChI is InChI=1S/C14H14O2/c1-3-16-14(15)13-10(2)8-9-11-6-4-5-7-12(11)13/h4-9H,3H2,1-2H3. The van der Waals surface area contributed by atoms with Gasteiger partial charge >= 0.3 is 5.97 Å². The van der Waals surface area contributed by atoms with E-state index in [2.05, 4.69) is 0 Å². The van der Waals surface area contributed by atoms with Crippen LogP contribution in [0, 0.1) is 6.92 Å². The summed E-state index contributed by atoms with van der Waals surface area (Å²) in [6, 6.07) is 11.8. The van der Waals surface area contributed by atoms with Crippen molar-refractivity contribution in [3.63, 3.8) is 0 Å². The van der Waals surface area contributed by atoms with Gasteiger partial charge in [-0.2, -0.15) is 0 Å². The highest BCUT2D eigenvalue weighted by atomic mass is 16.5. The molecule has 0 atom stereocenters. The lowest BCUT2D eigenvalue weighted by Gasteiger charge is -2.09. The molecule has 0 aliphatic carbocycles. The highest BCUT2D eigenvalue weighted by molar-refractivity contribution is 6.05. The fraction of sp³-hybridized carbons (Fsp3) is 0.214. The van der Waals surface area contributed by atoms with Crippen molar-refractivity contribution >= 4 is 16.7 Å². The molecule has 0 aliphatic heterocycles. The van der Waals surface area contributed by atoms with Gasteiger partial charge in [0.25, 0.3) is 0 Å². The number of carbonyl (C=O) groups is 1. The summed E-state index contributed by atoms with van der Waals surface area (Å²) in [6.07, 6.45) is 0. The highest BCUT2D eigenvalue weighted by Crippen LogP contribution is 2.22. The second-order valence-corrected chi connectivity index (χ2v) is 3.70. The average molecular weight is 214 g/mol. The van der Waals surface area contributed by atoms with E-state index in [9.17, 15) is 4.79 Å². The van der Waals surface area contributed by atoms with E-state index in [1.165, 1.54) is 0 Å². The topological polar surface area (TPSA) is 26.3 Å². The molecular weight excluding hydrogens is 200 g/mol. The lowest BCUT2D eigenvalue weighted by Crippen LogP contribution is -2.07. The van der Waals surface area contributed by atoms with Gasteiger partial charge in [-0.05, 0) is 30.2 Å². The van der Waals surface area contributed by atoms with Crippen molar-refractivity contribution in [2.45, 2.75) is 13.8 Å². The maximum absolute atomic E-state index is 11.9. The summed E-state index contributed by atoms with van der Waals surface area (Å²) in [7, 11) is 0. The predicted molar refractivity (Wildman–Crippen MR) is 64.6 cm³/mol. The zero-order valence-corrected chi connectivity index (χ0v) is 9.49. The van der Waals surface area contributed by atoms with Crippen molar-refractivity contribution in [3.05, 3.63) is 47.5 Å². The lowest BCUT2D eigenvalue weighted by atomic mass is 10.00. The fourth-order valence-electron chi connectivity index (χ4n) is 1.85. The fourth-order valence-corrected chi connectivity index (χ4v) is 1.85. The van der Waals surface area contributed by atoms with Gasteiger partial charge in [-0.3, -0.25) is 0 Å². The van der Waals surface area contributed by atoms with E-state index >= 15 is 0 Å². The molecule has 0 fully saturated rings. The molecule has 0 N–H and O–H groups in total. The summed E-state index contributed by atoms with van der Waals surface area (Å²) in [4.78, 5) is 11.9. The van der Waals surface area contributed by atoms with E-state index in [4.69, 9.17) is 4.74 Å². The number of esters is 1. The molecule has 16 heavy (non-hydrogen) atoms. The Morgan fingerprint density at radius 1 is 1.19 bits per heavy atom. The van der Waals surface area contributed by atoms with Gasteiger partial charge < -0.3 is 4.74 Å². The van der Waals surface area contributed by atoms with Crippen LogP contribution >= 0.6 is 0 Å². The van der Waals surface area contributed by atoms with E-state index in [1.807, 2.05) is 50.2 Å². The molecule has 2 nitrogen and oxygen atoms in total. The number of ether oxygens (including phenoxy) is 1. The number of carbonyl (C=O) groups excluding carboxylic acids is 1. The van der Waals surface area contributed by atoms with Gasteiger partial charge in [-0.25, -0.2) is 4.79 Å². The first kappa shape index (κ1) is 10.7. The Hall–Kier alpha value is -1.83. The van der Waals surface area contributed by atoms with Crippen molar-refractivity contribution < 1.29 is 9.53 Å². The van der Waals surface area contributed by atoms with Gasteiger partial charge in [0.1, 0.15) is 0 Å². The van der Waals surface area contributed by atoms with Crippen molar-refractivity contribution in [1.82, 2.24) is 0 Å². The first-order valence-electron chi connectivity index (χ1n) is 5.39. The van der Waals surface area contributed by atoms with Crippen molar-refractivity contribution in [1.29, 1.82) is 0 Å². The molecule has 2 aromatic carbocycles. The third kappa shape index (κ3) is 1.78. The van der Waals surface area contributed by atoms with Crippen LogP contribution in [0.5, 0.6) is 0 Å². The number of benzene rings is 2. The molecule has 0 spiro atoms. The Morgan fingerprint density at radius 3 is 2.69 bits per heavy atom. The molecule has 2 heteroatoms. The summed E-state index contributed by atoms with van der Waals surface area (Å²) in [5, 5.41) is 2.03. The Bertz CT molecular complexity index is 529. The first-order valence-corrected chi connectivity index (χ1v) is 5.39. The van der Waals surface area contributed by atoms with Crippen molar-refractivity contribution in [2.24, 2.45) is 0 Å². The van der Waals surface area contributed by atoms with Crippen LogP contribution in [-0.4, -0.2) is 12.6 Å². The minimum atomic E-state index is -0.239. The molecule has 0 aliphatic rings. The van der Waals surface area contributed by atoms with Crippen LogP contribution in [0.15, 0.2) is 36.4 Å². The molecule has 2 rings (SSSR count). The zero-order chi connectivity index (χ0) is 11.5. The Morgan fingerprint density at radius 2 is 1.94 bits per heavy atom. The smallest absolute Gasteiger partial charge is 0.339 e. The van der Waals surface area contributed by atoms with E-state index in [0.717, 1.165) is 16.3 Å². The van der Waals surface area contributed by atoms with Gasteiger partial charge in [-0.1, -0.05) is 36.4 Å². The minimum absolute atomic E-state index is 0.239. The van der Waals surface area contributed by atoms with E-state index in [-0.39, 0.29) is 5.97 Å². The first-order chi connectivity index (χ1) is 7.74. The maximum Gasteiger partial charge on any atom is 0.339 e.